The molecule has 0 spiro atoms. The zero-order valence-corrected chi connectivity index (χ0v) is 13.3. The maximum absolute atomic E-state index is 5.87. The summed E-state index contributed by atoms with van der Waals surface area (Å²) in [7, 11) is 0. The number of alkyl halides is 1. The average molecular weight is 345 g/mol. The highest BCUT2D eigenvalue weighted by Gasteiger charge is 2.41. The van der Waals surface area contributed by atoms with Crippen LogP contribution in [-0.4, -0.2) is 19.0 Å². The summed E-state index contributed by atoms with van der Waals surface area (Å²) in [6.45, 7) is 2.77. The van der Waals surface area contributed by atoms with E-state index >= 15 is 0 Å². The summed E-state index contributed by atoms with van der Waals surface area (Å²) < 4.78 is 6.90. The second kappa shape index (κ2) is 5.63. The Labute approximate surface area is 128 Å². The molecule has 1 aliphatic carbocycles. The van der Waals surface area contributed by atoms with Gasteiger partial charge in [0, 0.05) is 35.4 Å². The lowest BCUT2D eigenvalue weighted by Gasteiger charge is -2.15. The van der Waals surface area contributed by atoms with Crippen molar-refractivity contribution in [2.75, 3.05) is 19.0 Å². The molecule has 104 valence electrons. The largest absolute Gasteiger partial charge is 0.493 e. The van der Waals surface area contributed by atoms with Crippen LogP contribution in [0, 0.1) is 5.41 Å². The van der Waals surface area contributed by atoms with Gasteiger partial charge in [0.25, 0.3) is 0 Å². The van der Waals surface area contributed by atoms with Gasteiger partial charge in [-0.2, -0.15) is 0 Å². The molecule has 3 rings (SSSR count). The number of benzene rings is 1. The van der Waals surface area contributed by atoms with Crippen LogP contribution < -0.4 is 10.1 Å². The van der Waals surface area contributed by atoms with Gasteiger partial charge in [-0.3, -0.25) is 0 Å². The predicted octanol–water partition coefficient (Wildman–Crippen LogP) is 3.88. The highest BCUT2D eigenvalue weighted by molar-refractivity contribution is 9.10. The van der Waals surface area contributed by atoms with E-state index in [1.165, 1.54) is 24.0 Å². The average Bonchev–Trinajstić information content (AvgIpc) is 2.97. The lowest BCUT2D eigenvalue weighted by molar-refractivity contribution is 0.351. The Morgan fingerprint density at radius 2 is 2.21 bits per heavy atom. The highest BCUT2D eigenvalue weighted by atomic mass is 79.9. The molecule has 1 heterocycles. The monoisotopic (exact) mass is 343 g/mol. The molecule has 1 saturated carbocycles. The van der Waals surface area contributed by atoms with E-state index in [0.29, 0.717) is 5.41 Å². The molecular weight excluding hydrogens is 326 g/mol. The molecule has 2 nitrogen and oxygen atoms in total. The third-order valence-electron chi connectivity index (χ3n) is 4.22. The number of rotatable bonds is 6. The molecule has 19 heavy (non-hydrogen) atoms. The predicted molar refractivity (Wildman–Crippen MR) is 82.1 cm³/mol. The van der Waals surface area contributed by atoms with Gasteiger partial charge in [-0.15, -0.1) is 11.6 Å². The number of nitrogens with one attached hydrogen (secondary N) is 1. The fourth-order valence-corrected chi connectivity index (χ4v) is 3.79. The van der Waals surface area contributed by atoms with Crippen LogP contribution >= 0.6 is 27.5 Å². The fourth-order valence-electron chi connectivity index (χ4n) is 2.83. The van der Waals surface area contributed by atoms with E-state index in [0.717, 1.165) is 48.6 Å². The van der Waals surface area contributed by atoms with Crippen molar-refractivity contribution in [3.05, 3.63) is 27.7 Å². The second-order valence-electron chi connectivity index (χ2n) is 5.69. The van der Waals surface area contributed by atoms with Crippen LogP contribution in [0.1, 0.15) is 30.4 Å². The SMILES string of the molecule is ClCCC1(CNCc2cc(Br)cc3c2OCC3)CC1. The summed E-state index contributed by atoms with van der Waals surface area (Å²) in [4.78, 5) is 0. The van der Waals surface area contributed by atoms with E-state index in [4.69, 9.17) is 16.3 Å². The molecule has 2 aliphatic rings. The minimum Gasteiger partial charge on any atom is -0.493 e. The van der Waals surface area contributed by atoms with Gasteiger partial charge in [-0.05, 0) is 42.4 Å². The molecule has 0 aromatic heterocycles. The minimum atomic E-state index is 0.484. The Morgan fingerprint density at radius 3 is 2.95 bits per heavy atom. The van der Waals surface area contributed by atoms with Crippen LogP contribution in [0.2, 0.25) is 0 Å². The zero-order chi connectivity index (χ0) is 13.3. The van der Waals surface area contributed by atoms with Crippen molar-refractivity contribution in [3.8, 4) is 5.75 Å². The van der Waals surface area contributed by atoms with Gasteiger partial charge in [-0.1, -0.05) is 15.9 Å². The number of hydrogen-bond donors (Lipinski definition) is 1. The topological polar surface area (TPSA) is 21.3 Å². The van der Waals surface area contributed by atoms with Crippen molar-refractivity contribution in [1.82, 2.24) is 5.32 Å². The van der Waals surface area contributed by atoms with Gasteiger partial charge >= 0.3 is 0 Å². The summed E-state index contributed by atoms with van der Waals surface area (Å²) in [5, 5.41) is 3.59. The van der Waals surface area contributed by atoms with Gasteiger partial charge in [0.2, 0.25) is 0 Å². The second-order valence-corrected chi connectivity index (χ2v) is 6.99. The van der Waals surface area contributed by atoms with E-state index in [1.54, 1.807) is 0 Å². The quantitative estimate of drug-likeness (QED) is 0.791. The summed E-state index contributed by atoms with van der Waals surface area (Å²) in [6, 6.07) is 4.33. The Hall–Kier alpha value is -0.250. The van der Waals surface area contributed by atoms with Gasteiger partial charge in [0.15, 0.2) is 0 Å². The molecule has 1 aromatic carbocycles. The van der Waals surface area contributed by atoms with Gasteiger partial charge < -0.3 is 10.1 Å². The lowest BCUT2D eigenvalue weighted by Crippen LogP contribution is -2.24. The summed E-state index contributed by atoms with van der Waals surface area (Å²) in [5.41, 5.74) is 3.08. The lowest BCUT2D eigenvalue weighted by atomic mass is 10.0. The molecule has 4 heteroatoms. The van der Waals surface area contributed by atoms with Crippen molar-refractivity contribution in [2.45, 2.75) is 32.2 Å². The number of halogens is 2. The Kier molecular flexibility index (Phi) is 4.06. The molecule has 0 radical (unpaired) electrons. The van der Waals surface area contributed by atoms with Crippen LogP contribution in [0.5, 0.6) is 5.75 Å². The Bertz CT molecular complexity index is 473. The molecule has 1 N–H and O–H groups in total. The fraction of sp³-hybridized carbons (Fsp3) is 0.600. The van der Waals surface area contributed by atoms with E-state index in [-0.39, 0.29) is 0 Å². The van der Waals surface area contributed by atoms with Crippen LogP contribution in [0.3, 0.4) is 0 Å². The van der Waals surface area contributed by atoms with E-state index in [2.05, 4.69) is 33.4 Å². The van der Waals surface area contributed by atoms with E-state index in [9.17, 15) is 0 Å². The molecular formula is C15H19BrClNO. The molecule has 0 saturated heterocycles. The first kappa shape index (κ1) is 13.7. The normalized spacial score (nSPS) is 19.1. The molecule has 1 fully saturated rings. The zero-order valence-electron chi connectivity index (χ0n) is 11.0. The Balaban J connectivity index is 1.61. The van der Waals surface area contributed by atoms with Crippen LogP contribution in [0.15, 0.2) is 16.6 Å². The third kappa shape index (κ3) is 3.09. The van der Waals surface area contributed by atoms with Crippen LogP contribution in [0.25, 0.3) is 0 Å². The first-order valence-corrected chi connectivity index (χ1v) is 8.26. The molecule has 0 amide bonds. The molecule has 0 unspecified atom stereocenters. The van der Waals surface area contributed by atoms with Gasteiger partial charge in [0.05, 0.1) is 6.61 Å². The van der Waals surface area contributed by atoms with E-state index < -0.39 is 0 Å². The maximum atomic E-state index is 5.87. The first-order chi connectivity index (χ1) is 9.22. The smallest absolute Gasteiger partial charge is 0.127 e. The van der Waals surface area contributed by atoms with Crippen molar-refractivity contribution in [2.24, 2.45) is 5.41 Å². The van der Waals surface area contributed by atoms with Crippen molar-refractivity contribution in [3.63, 3.8) is 0 Å². The number of ether oxygens (including phenoxy) is 1. The molecule has 1 aromatic rings. The van der Waals surface area contributed by atoms with Gasteiger partial charge in [-0.25, -0.2) is 0 Å². The molecule has 0 bridgehead atoms. The van der Waals surface area contributed by atoms with Crippen LogP contribution in [-0.2, 0) is 13.0 Å². The van der Waals surface area contributed by atoms with Crippen molar-refractivity contribution in [1.29, 1.82) is 0 Å². The summed E-state index contributed by atoms with van der Waals surface area (Å²) in [5.74, 6) is 1.87. The highest BCUT2D eigenvalue weighted by Crippen LogP contribution is 2.48. The summed E-state index contributed by atoms with van der Waals surface area (Å²) in [6.07, 6.45) is 4.80. The van der Waals surface area contributed by atoms with Crippen molar-refractivity contribution < 1.29 is 4.74 Å². The molecule has 1 aliphatic heterocycles. The first-order valence-electron chi connectivity index (χ1n) is 6.93. The summed E-state index contributed by atoms with van der Waals surface area (Å²) >= 11 is 9.45. The Morgan fingerprint density at radius 1 is 1.37 bits per heavy atom. The number of hydrogen-bond acceptors (Lipinski definition) is 2. The van der Waals surface area contributed by atoms with E-state index in [1.807, 2.05) is 0 Å². The molecule has 0 atom stereocenters. The third-order valence-corrected chi connectivity index (χ3v) is 4.87. The standard InChI is InChI=1S/C15H19BrClNO/c16-13-7-11-1-6-19-14(11)12(8-13)9-18-10-15(2-3-15)4-5-17/h7-8,18H,1-6,9-10H2. The number of fused-ring (bicyclic) bond motifs is 1. The van der Waals surface area contributed by atoms with Crippen LogP contribution in [0.4, 0.5) is 0 Å². The maximum Gasteiger partial charge on any atom is 0.127 e. The van der Waals surface area contributed by atoms with Gasteiger partial charge in [0.1, 0.15) is 5.75 Å². The van der Waals surface area contributed by atoms with Crippen molar-refractivity contribution >= 4 is 27.5 Å². The minimum absolute atomic E-state index is 0.484.